The van der Waals surface area contributed by atoms with Crippen LogP contribution in [0.2, 0.25) is 0 Å². The lowest BCUT2D eigenvalue weighted by molar-refractivity contribution is 0.383. The molecule has 1 aromatic carbocycles. The Morgan fingerprint density at radius 3 is 2.53 bits per heavy atom. The van der Waals surface area contributed by atoms with Crippen LogP contribution < -0.4 is 10.5 Å². The van der Waals surface area contributed by atoms with Crippen LogP contribution in [-0.2, 0) is 13.6 Å². The molecule has 2 aromatic rings. The molecule has 1 heterocycles. The minimum absolute atomic E-state index is 0.103. The number of rotatable bonds is 3. The summed E-state index contributed by atoms with van der Waals surface area (Å²) in [4.78, 5) is 0. The molecule has 6 heteroatoms. The summed E-state index contributed by atoms with van der Waals surface area (Å²) in [7, 11) is 3.01. The topological polar surface area (TPSA) is 53.1 Å². The van der Waals surface area contributed by atoms with Crippen LogP contribution in [0.5, 0.6) is 5.75 Å². The standard InChI is InChI=1S/C13H15F2N3O/c1-7-11(6-16)18(2)17-13(7)8-4-10(15)12(19-3)5-9(8)14/h4-5H,6,16H2,1-3H3. The third kappa shape index (κ3) is 2.19. The van der Waals surface area contributed by atoms with Crippen molar-refractivity contribution in [1.29, 1.82) is 0 Å². The van der Waals surface area contributed by atoms with Crippen LogP contribution in [0.25, 0.3) is 11.3 Å². The summed E-state index contributed by atoms with van der Waals surface area (Å²) in [6, 6.07) is 2.10. The molecule has 1 aromatic heterocycles. The summed E-state index contributed by atoms with van der Waals surface area (Å²) in [6.07, 6.45) is 0. The molecule has 2 rings (SSSR count). The van der Waals surface area contributed by atoms with Gasteiger partial charge in [-0.15, -0.1) is 0 Å². The zero-order chi connectivity index (χ0) is 14.2. The predicted octanol–water partition coefficient (Wildman–Crippen LogP) is 2.14. The van der Waals surface area contributed by atoms with Gasteiger partial charge in [0.2, 0.25) is 0 Å². The van der Waals surface area contributed by atoms with Crippen molar-refractivity contribution >= 4 is 0 Å². The van der Waals surface area contributed by atoms with Gasteiger partial charge in [-0.1, -0.05) is 0 Å². The Bertz CT molecular complexity index is 623. The molecule has 102 valence electrons. The van der Waals surface area contributed by atoms with Crippen molar-refractivity contribution in [3.05, 3.63) is 35.0 Å². The van der Waals surface area contributed by atoms with Crippen molar-refractivity contribution < 1.29 is 13.5 Å². The molecule has 19 heavy (non-hydrogen) atoms. The first-order valence-electron chi connectivity index (χ1n) is 5.75. The minimum Gasteiger partial charge on any atom is -0.494 e. The van der Waals surface area contributed by atoms with Crippen LogP contribution in [0.15, 0.2) is 12.1 Å². The van der Waals surface area contributed by atoms with Gasteiger partial charge in [-0.25, -0.2) is 8.78 Å². The Morgan fingerprint density at radius 1 is 1.32 bits per heavy atom. The van der Waals surface area contributed by atoms with Gasteiger partial charge < -0.3 is 10.5 Å². The van der Waals surface area contributed by atoms with Crippen LogP contribution in [0.3, 0.4) is 0 Å². The number of benzene rings is 1. The highest BCUT2D eigenvalue weighted by Gasteiger charge is 2.18. The molecule has 0 aliphatic rings. The van der Waals surface area contributed by atoms with Crippen LogP contribution in [-0.4, -0.2) is 16.9 Å². The van der Waals surface area contributed by atoms with Gasteiger partial charge in [-0.2, -0.15) is 5.10 Å². The molecule has 0 atom stereocenters. The van der Waals surface area contributed by atoms with Gasteiger partial charge in [-0.3, -0.25) is 4.68 Å². The average Bonchev–Trinajstić information content (AvgIpc) is 2.66. The molecule has 0 amide bonds. The zero-order valence-corrected chi connectivity index (χ0v) is 11.0. The lowest BCUT2D eigenvalue weighted by Gasteiger charge is -2.06. The Balaban J connectivity index is 2.63. The maximum absolute atomic E-state index is 14.0. The number of ether oxygens (including phenoxy) is 1. The van der Waals surface area contributed by atoms with Gasteiger partial charge >= 0.3 is 0 Å². The quantitative estimate of drug-likeness (QED) is 0.927. The summed E-state index contributed by atoms with van der Waals surface area (Å²) in [5.41, 5.74) is 7.63. The van der Waals surface area contributed by atoms with Gasteiger partial charge in [-0.05, 0) is 18.6 Å². The number of hydrogen-bond donors (Lipinski definition) is 1. The smallest absolute Gasteiger partial charge is 0.165 e. The number of halogens is 2. The van der Waals surface area contributed by atoms with Gasteiger partial charge in [0.05, 0.1) is 18.5 Å². The summed E-state index contributed by atoms with van der Waals surface area (Å²) in [6.45, 7) is 2.07. The lowest BCUT2D eigenvalue weighted by Crippen LogP contribution is -2.05. The van der Waals surface area contributed by atoms with E-state index in [2.05, 4.69) is 5.10 Å². The fourth-order valence-electron chi connectivity index (χ4n) is 2.07. The first kappa shape index (κ1) is 13.5. The summed E-state index contributed by atoms with van der Waals surface area (Å²) < 4.78 is 34.0. The largest absolute Gasteiger partial charge is 0.494 e. The monoisotopic (exact) mass is 267 g/mol. The van der Waals surface area contributed by atoms with E-state index in [1.165, 1.54) is 7.11 Å². The third-order valence-corrected chi connectivity index (χ3v) is 3.12. The normalized spacial score (nSPS) is 10.8. The minimum atomic E-state index is -0.627. The van der Waals surface area contributed by atoms with Gasteiger partial charge in [0, 0.05) is 25.2 Å². The SMILES string of the molecule is COc1cc(F)c(-c2nn(C)c(CN)c2C)cc1F. The van der Waals surface area contributed by atoms with Crippen molar-refractivity contribution in [2.75, 3.05) is 7.11 Å². The highest BCUT2D eigenvalue weighted by molar-refractivity contribution is 5.65. The lowest BCUT2D eigenvalue weighted by atomic mass is 10.1. The van der Waals surface area contributed by atoms with Gasteiger partial charge in [0.25, 0.3) is 0 Å². The van der Waals surface area contributed by atoms with E-state index in [4.69, 9.17) is 10.5 Å². The fourth-order valence-corrected chi connectivity index (χ4v) is 2.07. The molecule has 0 spiro atoms. The molecule has 0 fully saturated rings. The molecule has 2 N–H and O–H groups in total. The van der Waals surface area contributed by atoms with Crippen LogP contribution in [0, 0.1) is 18.6 Å². The second-order valence-electron chi connectivity index (χ2n) is 4.21. The van der Waals surface area contributed by atoms with E-state index in [1.807, 2.05) is 0 Å². The Labute approximate surface area is 109 Å². The Kier molecular flexibility index (Phi) is 3.53. The molecular formula is C13H15F2N3O. The van der Waals surface area contributed by atoms with Gasteiger partial charge in [0.1, 0.15) is 5.82 Å². The molecule has 0 unspecified atom stereocenters. The summed E-state index contributed by atoms with van der Waals surface area (Å²) >= 11 is 0. The van der Waals surface area contributed by atoms with Crippen LogP contribution in [0.4, 0.5) is 8.78 Å². The zero-order valence-electron chi connectivity index (χ0n) is 11.0. The van der Waals surface area contributed by atoms with Crippen LogP contribution >= 0.6 is 0 Å². The van der Waals surface area contributed by atoms with E-state index in [0.717, 1.165) is 23.4 Å². The van der Waals surface area contributed by atoms with Crippen LogP contribution in [0.1, 0.15) is 11.3 Å². The van der Waals surface area contributed by atoms with Crippen molar-refractivity contribution in [3.63, 3.8) is 0 Å². The van der Waals surface area contributed by atoms with Crippen molar-refractivity contribution in [2.45, 2.75) is 13.5 Å². The average molecular weight is 267 g/mol. The second kappa shape index (κ2) is 4.97. The van der Waals surface area contributed by atoms with Gasteiger partial charge in [0.15, 0.2) is 11.6 Å². The fraction of sp³-hybridized carbons (Fsp3) is 0.308. The van der Waals surface area contributed by atoms with E-state index in [9.17, 15) is 8.78 Å². The van der Waals surface area contributed by atoms with E-state index in [1.54, 1.807) is 18.7 Å². The van der Waals surface area contributed by atoms with Crippen molar-refractivity contribution in [2.24, 2.45) is 12.8 Å². The second-order valence-corrected chi connectivity index (χ2v) is 4.21. The molecule has 4 nitrogen and oxygen atoms in total. The molecular weight excluding hydrogens is 252 g/mol. The first-order valence-corrected chi connectivity index (χ1v) is 5.75. The van der Waals surface area contributed by atoms with Crippen molar-refractivity contribution in [3.8, 4) is 17.0 Å². The highest BCUT2D eigenvalue weighted by Crippen LogP contribution is 2.31. The third-order valence-electron chi connectivity index (χ3n) is 3.12. The Morgan fingerprint density at radius 2 is 2.00 bits per heavy atom. The number of aryl methyl sites for hydroxylation is 1. The Hall–Kier alpha value is -1.95. The molecule has 0 aliphatic heterocycles. The molecule has 0 bridgehead atoms. The van der Waals surface area contributed by atoms with E-state index in [-0.39, 0.29) is 17.9 Å². The number of hydrogen-bond acceptors (Lipinski definition) is 3. The number of aromatic nitrogens is 2. The van der Waals surface area contributed by atoms with E-state index in [0.29, 0.717) is 5.69 Å². The summed E-state index contributed by atoms with van der Waals surface area (Å²) in [5.74, 6) is -1.34. The van der Waals surface area contributed by atoms with E-state index < -0.39 is 11.6 Å². The van der Waals surface area contributed by atoms with Crippen molar-refractivity contribution in [1.82, 2.24) is 9.78 Å². The molecule has 0 saturated heterocycles. The van der Waals surface area contributed by atoms with E-state index >= 15 is 0 Å². The highest BCUT2D eigenvalue weighted by atomic mass is 19.1. The molecule has 0 aliphatic carbocycles. The number of nitrogens with two attached hydrogens (primary N) is 1. The number of nitrogens with zero attached hydrogens (tertiary/aromatic N) is 2. The first-order chi connectivity index (χ1) is 8.99. The maximum atomic E-state index is 14.0. The number of methoxy groups -OCH3 is 1. The summed E-state index contributed by atoms with van der Waals surface area (Å²) in [5, 5.41) is 4.20. The predicted molar refractivity (Wildman–Crippen MR) is 67.7 cm³/mol. The molecule has 0 radical (unpaired) electrons. The maximum Gasteiger partial charge on any atom is 0.165 e. The molecule has 0 saturated carbocycles.